The summed E-state index contributed by atoms with van der Waals surface area (Å²) in [5.74, 6) is 1.44. The molecule has 0 atom stereocenters. The number of methoxy groups -OCH3 is 1. The SMILES string of the molecule is C=CCOc1c(I)cc(C=C2C=C(c3ccc(C)cc3)OC2=O)cc1OC. The molecule has 1 aliphatic heterocycles. The number of carbonyl (C=O) groups excluding carboxylic acids is 1. The van der Waals surface area contributed by atoms with Crippen LogP contribution < -0.4 is 9.47 Å². The van der Waals surface area contributed by atoms with Crippen molar-refractivity contribution in [3.05, 3.63) is 81.0 Å². The molecule has 0 radical (unpaired) electrons. The molecule has 5 heteroatoms. The zero-order chi connectivity index (χ0) is 19.4. The minimum Gasteiger partial charge on any atom is -0.493 e. The summed E-state index contributed by atoms with van der Waals surface area (Å²) in [4.78, 5) is 12.3. The third kappa shape index (κ3) is 4.42. The van der Waals surface area contributed by atoms with Crippen LogP contribution in [0.25, 0.3) is 11.8 Å². The highest BCUT2D eigenvalue weighted by Crippen LogP contribution is 2.35. The molecule has 0 fully saturated rings. The molecular formula is C22H19IO4. The first-order valence-corrected chi connectivity index (χ1v) is 9.43. The smallest absolute Gasteiger partial charge is 0.343 e. The molecule has 1 aliphatic rings. The van der Waals surface area contributed by atoms with Crippen LogP contribution in [0.1, 0.15) is 16.7 Å². The summed E-state index contributed by atoms with van der Waals surface area (Å²) in [5.41, 5.74) is 3.34. The number of hydrogen-bond acceptors (Lipinski definition) is 4. The van der Waals surface area contributed by atoms with Gasteiger partial charge >= 0.3 is 5.97 Å². The standard InChI is InChI=1S/C22H19IO4/c1-4-9-26-21-18(23)11-15(12-20(21)25-3)10-17-13-19(27-22(17)24)16-7-5-14(2)6-8-16/h4-8,10-13H,1,9H2,2-3H3. The fourth-order valence-electron chi connectivity index (χ4n) is 2.63. The van der Waals surface area contributed by atoms with E-state index in [0.29, 0.717) is 29.4 Å². The van der Waals surface area contributed by atoms with Gasteiger partial charge < -0.3 is 14.2 Å². The minimum absolute atomic E-state index is 0.369. The second-order valence-corrected chi connectivity index (χ2v) is 7.16. The molecule has 1 heterocycles. The van der Waals surface area contributed by atoms with Crippen LogP contribution in [0.5, 0.6) is 11.5 Å². The maximum Gasteiger partial charge on any atom is 0.343 e. The maximum atomic E-state index is 12.3. The maximum absolute atomic E-state index is 12.3. The Bertz CT molecular complexity index is 940. The zero-order valence-corrected chi connectivity index (χ0v) is 17.3. The van der Waals surface area contributed by atoms with Gasteiger partial charge in [0, 0.05) is 5.56 Å². The van der Waals surface area contributed by atoms with Crippen LogP contribution in [0.2, 0.25) is 0 Å². The van der Waals surface area contributed by atoms with Gasteiger partial charge in [0.15, 0.2) is 11.5 Å². The fourth-order valence-corrected chi connectivity index (χ4v) is 3.42. The molecule has 138 valence electrons. The van der Waals surface area contributed by atoms with Crippen LogP contribution >= 0.6 is 22.6 Å². The molecule has 0 aromatic heterocycles. The average molecular weight is 474 g/mol. The van der Waals surface area contributed by atoms with E-state index in [4.69, 9.17) is 14.2 Å². The number of esters is 1. The van der Waals surface area contributed by atoms with Crippen molar-refractivity contribution >= 4 is 40.4 Å². The number of carbonyl (C=O) groups is 1. The Morgan fingerprint density at radius 2 is 1.96 bits per heavy atom. The van der Waals surface area contributed by atoms with Crippen molar-refractivity contribution in [2.24, 2.45) is 0 Å². The zero-order valence-electron chi connectivity index (χ0n) is 15.1. The van der Waals surface area contributed by atoms with Crippen molar-refractivity contribution in [1.29, 1.82) is 0 Å². The van der Waals surface area contributed by atoms with Crippen molar-refractivity contribution in [3.63, 3.8) is 0 Å². The first-order valence-electron chi connectivity index (χ1n) is 8.35. The molecule has 0 spiro atoms. The van der Waals surface area contributed by atoms with Gasteiger partial charge in [-0.25, -0.2) is 4.79 Å². The van der Waals surface area contributed by atoms with Gasteiger partial charge in [-0.3, -0.25) is 0 Å². The van der Waals surface area contributed by atoms with Crippen molar-refractivity contribution in [3.8, 4) is 11.5 Å². The normalized spacial score (nSPS) is 14.7. The average Bonchev–Trinajstić information content (AvgIpc) is 3.01. The summed E-state index contributed by atoms with van der Waals surface area (Å²) in [6, 6.07) is 11.6. The van der Waals surface area contributed by atoms with Gasteiger partial charge in [-0.05, 0) is 59.4 Å². The monoisotopic (exact) mass is 474 g/mol. The number of rotatable bonds is 6. The van der Waals surface area contributed by atoms with Gasteiger partial charge in [0.1, 0.15) is 12.4 Å². The molecule has 4 nitrogen and oxygen atoms in total. The van der Waals surface area contributed by atoms with E-state index in [0.717, 1.165) is 20.3 Å². The molecule has 2 aromatic rings. The predicted octanol–water partition coefficient (Wildman–Crippen LogP) is 5.15. The van der Waals surface area contributed by atoms with E-state index in [1.807, 2.05) is 43.3 Å². The lowest BCUT2D eigenvalue weighted by Crippen LogP contribution is -2.00. The van der Waals surface area contributed by atoms with Crippen LogP contribution in [0, 0.1) is 10.5 Å². The summed E-state index contributed by atoms with van der Waals surface area (Å²) < 4.78 is 17.4. The number of cyclic esters (lactones) is 1. The lowest BCUT2D eigenvalue weighted by Gasteiger charge is -2.12. The Hall–Kier alpha value is -2.54. The second-order valence-electron chi connectivity index (χ2n) is 6.00. The van der Waals surface area contributed by atoms with Gasteiger partial charge in [0.25, 0.3) is 0 Å². The molecule has 0 amide bonds. The van der Waals surface area contributed by atoms with E-state index in [1.54, 1.807) is 25.3 Å². The van der Waals surface area contributed by atoms with E-state index in [-0.39, 0.29) is 5.97 Å². The molecular weight excluding hydrogens is 455 g/mol. The van der Waals surface area contributed by atoms with Gasteiger partial charge in [0.05, 0.1) is 16.3 Å². The Balaban J connectivity index is 1.93. The molecule has 0 saturated heterocycles. The van der Waals surface area contributed by atoms with Gasteiger partial charge in [-0.2, -0.15) is 0 Å². The lowest BCUT2D eigenvalue weighted by molar-refractivity contribution is -0.130. The summed E-state index contributed by atoms with van der Waals surface area (Å²) in [5, 5.41) is 0. The van der Waals surface area contributed by atoms with Crippen LogP contribution in [0.4, 0.5) is 0 Å². The Morgan fingerprint density at radius 1 is 1.22 bits per heavy atom. The summed E-state index contributed by atoms with van der Waals surface area (Å²) >= 11 is 2.18. The first-order chi connectivity index (χ1) is 13.0. The highest BCUT2D eigenvalue weighted by Gasteiger charge is 2.22. The molecule has 27 heavy (non-hydrogen) atoms. The summed E-state index contributed by atoms with van der Waals surface area (Å²) in [6.45, 7) is 6.06. The quantitative estimate of drug-likeness (QED) is 0.251. The van der Waals surface area contributed by atoms with Gasteiger partial charge in [0.2, 0.25) is 0 Å². The Labute approximate surface area is 172 Å². The topological polar surface area (TPSA) is 44.8 Å². The minimum atomic E-state index is -0.369. The van der Waals surface area contributed by atoms with E-state index in [9.17, 15) is 4.79 Å². The van der Waals surface area contributed by atoms with Gasteiger partial charge in [-0.15, -0.1) is 0 Å². The molecule has 2 aromatic carbocycles. The molecule has 0 aliphatic carbocycles. The van der Waals surface area contributed by atoms with E-state index in [1.165, 1.54) is 0 Å². The Morgan fingerprint density at radius 3 is 2.63 bits per heavy atom. The lowest BCUT2D eigenvalue weighted by atomic mass is 10.1. The molecule has 0 saturated carbocycles. The predicted molar refractivity (Wildman–Crippen MR) is 115 cm³/mol. The van der Waals surface area contributed by atoms with Crippen LogP contribution in [0.15, 0.2) is 60.7 Å². The van der Waals surface area contributed by atoms with E-state index < -0.39 is 0 Å². The van der Waals surface area contributed by atoms with Crippen LogP contribution in [-0.2, 0) is 9.53 Å². The number of ether oxygens (including phenoxy) is 3. The van der Waals surface area contributed by atoms with Crippen molar-refractivity contribution in [2.45, 2.75) is 6.92 Å². The second kappa shape index (κ2) is 8.43. The van der Waals surface area contributed by atoms with Crippen molar-refractivity contribution < 1.29 is 19.0 Å². The number of aryl methyl sites for hydroxylation is 1. The highest BCUT2D eigenvalue weighted by molar-refractivity contribution is 14.1. The first kappa shape index (κ1) is 19.2. The largest absolute Gasteiger partial charge is 0.493 e. The number of halogens is 1. The van der Waals surface area contributed by atoms with Crippen LogP contribution in [0.3, 0.4) is 0 Å². The van der Waals surface area contributed by atoms with Crippen molar-refractivity contribution in [2.75, 3.05) is 13.7 Å². The van der Waals surface area contributed by atoms with E-state index >= 15 is 0 Å². The molecule has 0 unspecified atom stereocenters. The van der Waals surface area contributed by atoms with Crippen molar-refractivity contribution in [1.82, 2.24) is 0 Å². The Kier molecular flexibility index (Phi) is 6.01. The number of benzene rings is 2. The van der Waals surface area contributed by atoms with Gasteiger partial charge in [-0.1, -0.05) is 42.5 Å². The third-order valence-corrected chi connectivity index (χ3v) is 4.78. The fraction of sp³-hybridized carbons (Fsp3) is 0.136. The van der Waals surface area contributed by atoms with E-state index in [2.05, 4.69) is 29.2 Å². The highest BCUT2D eigenvalue weighted by atomic mass is 127. The molecule has 0 bridgehead atoms. The molecule has 0 N–H and O–H groups in total. The summed E-state index contributed by atoms with van der Waals surface area (Å²) in [7, 11) is 1.59. The molecule has 3 rings (SSSR count). The number of hydrogen-bond donors (Lipinski definition) is 0. The summed E-state index contributed by atoms with van der Waals surface area (Å²) in [6.07, 6.45) is 5.22. The van der Waals surface area contributed by atoms with Crippen LogP contribution in [-0.4, -0.2) is 19.7 Å². The third-order valence-electron chi connectivity index (χ3n) is 3.98.